The Balaban J connectivity index is 1.23. The smallest absolute Gasteiger partial charge is 0.407 e. The molecule has 8 nitrogen and oxygen atoms in total. The van der Waals surface area contributed by atoms with Crippen LogP contribution in [0, 0.1) is 5.41 Å². The second kappa shape index (κ2) is 8.51. The van der Waals surface area contributed by atoms with E-state index in [2.05, 4.69) is 17.4 Å². The van der Waals surface area contributed by atoms with E-state index in [0.29, 0.717) is 26.3 Å². The van der Waals surface area contributed by atoms with Crippen LogP contribution in [0.2, 0.25) is 0 Å². The molecule has 0 bridgehead atoms. The summed E-state index contributed by atoms with van der Waals surface area (Å²) in [5.74, 6) is -1.39. The van der Waals surface area contributed by atoms with Crippen LogP contribution in [-0.4, -0.2) is 66.9 Å². The van der Waals surface area contributed by atoms with E-state index in [-0.39, 0.29) is 36.7 Å². The lowest BCUT2D eigenvalue weighted by molar-refractivity contribution is -0.196. The minimum absolute atomic E-state index is 0.0123. The topological polar surface area (TPSA) is 105 Å². The highest BCUT2D eigenvalue weighted by molar-refractivity contribution is 5.87. The molecule has 0 radical (unpaired) electrons. The molecule has 1 spiro atoms. The van der Waals surface area contributed by atoms with E-state index in [1.54, 1.807) is 4.90 Å². The summed E-state index contributed by atoms with van der Waals surface area (Å²) in [4.78, 5) is 38.3. The van der Waals surface area contributed by atoms with Crippen molar-refractivity contribution in [1.82, 2.24) is 10.2 Å². The van der Waals surface area contributed by atoms with Crippen LogP contribution in [0.4, 0.5) is 4.79 Å². The zero-order chi connectivity index (χ0) is 23.0. The number of ether oxygens (including phenoxy) is 2. The third kappa shape index (κ3) is 4.06. The summed E-state index contributed by atoms with van der Waals surface area (Å²) in [5, 5.41) is 11.7. The lowest BCUT2D eigenvalue weighted by Gasteiger charge is -2.55. The van der Waals surface area contributed by atoms with Crippen molar-refractivity contribution < 1.29 is 29.0 Å². The summed E-state index contributed by atoms with van der Waals surface area (Å²) in [5.41, 5.74) is 4.49. The number of hydrogen-bond acceptors (Lipinski definition) is 5. The third-order valence-corrected chi connectivity index (χ3v) is 6.76. The van der Waals surface area contributed by atoms with Gasteiger partial charge in [0, 0.05) is 25.4 Å². The molecule has 0 saturated carbocycles. The van der Waals surface area contributed by atoms with Gasteiger partial charge in [0.1, 0.15) is 12.6 Å². The van der Waals surface area contributed by atoms with E-state index >= 15 is 0 Å². The number of hydrogen-bond donors (Lipinski definition) is 2. The van der Waals surface area contributed by atoms with Gasteiger partial charge in [-0.25, -0.2) is 4.79 Å². The second-order valence-electron chi connectivity index (χ2n) is 9.14. The summed E-state index contributed by atoms with van der Waals surface area (Å²) >= 11 is 0. The molecule has 2 saturated heterocycles. The van der Waals surface area contributed by atoms with E-state index in [0.717, 1.165) is 22.3 Å². The quantitative estimate of drug-likeness (QED) is 0.672. The molecule has 2 fully saturated rings. The first kappa shape index (κ1) is 21.5. The molecule has 2 aromatic carbocycles. The summed E-state index contributed by atoms with van der Waals surface area (Å²) < 4.78 is 10.8. The van der Waals surface area contributed by atoms with E-state index in [1.165, 1.54) is 0 Å². The van der Waals surface area contributed by atoms with Crippen molar-refractivity contribution in [2.24, 2.45) is 5.41 Å². The summed E-state index contributed by atoms with van der Waals surface area (Å²) in [6.45, 7) is 2.54. The monoisotopic (exact) mass is 450 g/mol. The van der Waals surface area contributed by atoms with Gasteiger partial charge < -0.3 is 24.8 Å². The lowest BCUT2D eigenvalue weighted by Crippen LogP contribution is -2.69. The molecule has 8 heteroatoms. The lowest BCUT2D eigenvalue weighted by atomic mass is 9.77. The van der Waals surface area contributed by atoms with Gasteiger partial charge in [0.05, 0.1) is 18.6 Å². The number of amides is 2. The average Bonchev–Trinajstić information content (AvgIpc) is 3.07. The highest BCUT2D eigenvalue weighted by atomic mass is 16.5. The zero-order valence-corrected chi connectivity index (χ0v) is 18.2. The number of carbonyl (C=O) groups excluding carboxylic acids is 2. The van der Waals surface area contributed by atoms with Crippen LogP contribution in [0.15, 0.2) is 48.5 Å². The van der Waals surface area contributed by atoms with Crippen molar-refractivity contribution in [1.29, 1.82) is 0 Å². The SMILES string of the molecule is O=C(O)CCC(NC(=O)OCC1c2ccccc2-c2ccccc21)C(=O)N1CC2(COC2)C1. The largest absolute Gasteiger partial charge is 0.481 e. The summed E-state index contributed by atoms with van der Waals surface area (Å²) in [6.07, 6.45) is -0.927. The van der Waals surface area contributed by atoms with E-state index in [9.17, 15) is 14.4 Å². The Kier molecular flexibility index (Phi) is 5.54. The maximum Gasteiger partial charge on any atom is 0.407 e. The molecule has 2 heterocycles. The molecule has 2 N–H and O–H groups in total. The predicted octanol–water partition coefficient (Wildman–Crippen LogP) is 2.62. The van der Waals surface area contributed by atoms with Crippen LogP contribution >= 0.6 is 0 Å². The van der Waals surface area contributed by atoms with Crippen LogP contribution in [0.3, 0.4) is 0 Å². The van der Waals surface area contributed by atoms with Gasteiger partial charge in [0.2, 0.25) is 5.91 Å². The number of carbonyl (C=O) groups is 3. The first-order valence-electron chi connectivity index (χ1n) is 11.2. The Morgan fingerprint density at radius 3 is 2.21 bits per heavy atom. The van der Waals surface area contributed by atoms with E-state index < -0.39 is 18.1 Å². The molecule has 1 aliphatic carbocycles. The minimum Gasteiger partial charge on any atom is -0.481 e. The number of rotatable bonds is 7. The van der Waals surface area contributed by atoms with Crippen molar-refractivity contribution in [3.8, 4) is 11.1 Å². The fourth-order valence-corrected chi connectivity index (χ4v) is 5.02. The molecule has 1 atom stereocenters. The van der Waals surface area contributed by atoms with Crippen LogP contribution < -0.4 is 5.32 Å². The van der Waals surface area contributed by atoms with Crippen LogP contribution in [-0.2, 0) is 19.1 Å². The highest BCUT2D eigenvalue weighted by Gasteiger charge is 2.51. The molecule has 1 unspecified atom stereocenters. The zero-order valence-electron chi connectivity index (χ0n) is 18.2. The van der Waals surface area contributed by atoms with Crippen molar-refractivity contribution in [3.05, 3.63) is 59.7 Å². The minimum atomic E-state index is -1.02. The first-order chi connectivity index (χ1) is 16.0. The first-order valence-corrected chi connectivity index (χ1v) is 11.2. The molecular weight excluding hydrogens is 424 g/mol. The number of carboxylic acids is 1. The van der Waals surface area contributed by atoms with Gasteiger partial charge in [-0.2, -0.15) is 0 Å². The van der Waals surface area contributed by atoms with Crippen LogP contribution in [0.25, 0.3) is 11.1 Å². The summed E-state index contributed by atoms with van der Waals surface area (Å²) in [7, 11) is 0. The number of likely N-dealkylation sites (tertiary alicyclic amines) is 1. The van der Waals surface area contributed by atoms with Gasteiger partial charge >= 0.3 is 12.1 Å². The molecule has 33 heavy (non-hydrogen) atoms. The normalized spacial score (nSPS) is 18.5. The van der Waals surface area contributed by atoms with E-state index in [4.69, 9.17) is 14.6 Å². The average molecular weight is 450 g/mol. The Labute approximate surface area is 191 Å². The second-order valence-corrected chi connectivity index (χ2v) is 9.14. The summed E-state index contributed by atoms with van der Waals surface area (Å²) in [6, 6.07) is 15.1. The fourth-order valence-electron chi connectivity index (χ4n) is 5.02. The molecule has 2 amide bonds. The maximum atomic E-state index is 12.9. The van der Waals surface area contributed by atoms with Gasteiger partial charge in [-0.05, 0) is 28.7 Å². The number of nitrogens with zero attached hydrogens (tertiary/aromatic N) is 1. The number of fused-ring (bicyclic) bond motifs is 3. The number of aliphatic carboxylic acids is 1. The Morgan fingerprint density at radius 2 is 1.67 bits per heavy atom. The van der Waals surface area contributed by atoms with Crippen molar-refractivity contribution in [2.45, 2.75) is 24.8 Å². The standard InChI is InChI=1S/C25H26N2O6/c28-22(29)10-9-21(23(30)27-12-25(13-27)14-32-15-25)26-24(31)33-11-20-18-7-3-1-5-16(18)17-6-2-4-8-19(17)20/h1-8,20-21H,9-15H2,(H,26,31)(H,28,29). The van der Waals surface area contributed by atoms with Crippen molar-refractivity contribution >= 4 is 18.0 Å². The molecule has 3 aliphatic rings. The van der Waals surface area contributed by atoms with Crippen LogP contribution in [0.5, 0.6) is 0 Å². The number of nitrogens with one attached hydrogen (secondary N) is 1. The van der Waals surface area contributed by atoms with Gasteiger partial charge in [0.25, 0.3) is 0 Å². The van der Waals surface area contributed by atoms with Crippen molar-refractivity contribution in [2.75, 3.05) is 32.9 Å². The fraction of sp³-hybridized carbons (Fsp3) is 0.400. The van der Waals surface area contributed by atoms with Gasteiger partial charge in [-0.15, -0.1) is 0 Å². The third-order valence-electron chi connectivity index (χ3n) is 6.76. The Bertz CT molecular complexity index is 1040. The predicted molar refractivity (Wildman–Crippen MR) is 119 cm³/mol. The molecular formula is C25H26N2O6. The van der Waals surface area contributed by atoms with Crippen molar-refractivity contribution in [3.63, 3.8) is 0 Å². The molecule has 2 aromatic rings. The number of benzene rings is 2. The van der Waals surface area contributed by atoms with Gasteiger partial charge in [-0.3, -0.25) is 9.59 Å². The molecule has 0 aromatic heterocycles. The Hall–Kier alpha value is -3.39. The van der Waals surface area contributed by atoms with Gasteiger partial charge in [-0.1, -0.05) is 48.5 Å². The highest BCUT2D eigenvalue weighted by Crippen LogP contribution is 2.44. The number of alkyl carbamates (subject to hydrolysis) is 1. The number of carboxylic acid groups (broad SMARTS) is 1. The molecule has 5 rings (SSSR count). The molecule has 172 valence electrons. The maximum absolute atomic E-state index is 12.9. The van der Waals surface area contributed by atoms with Gasteiger partial charge in [0.15, 0.2) is 0 Å². The van der Waals surface area contributed by atoms with E-state index in [1.807, 2.05) is 36.4 Å². The van der Waals surface area contributed by atoms with Crippen LogP contribution in [0.1, 0.15) is 29.9 Å². The molecule has 2 aliphatic heterocycles. The Morgan fingerprint density at radius 1 is 1.06 bits per heavy atom.